The number of pyridine rings is 1. The maximum absolute atomic E-state index is 11.2. The SMILES string of the molecule is Cc1cc(C(N)=O)c2cc(N)ccc2n1. The second-order valence-corrected chi connectivity index (χ2v) is 3.45. The third-order valence-electron chi connectivity index (χ3n) is 2.23. The molecule has 0 aliphatic carbocycles. The Balaban J connectivity index is 2.87. The largest absolute Gasteiger partial charge is 0.399 e. The second kappa shape index (κ2) is 3.24. The van der Waals surface area contributed by atoms with Crippen molar-refractivity contribution in [1.29, 1.82) is 0 Å². The maximum atomic E-state index is 11.2. The minimum Gasteiger partial charge on any atom is -0.399 e. The predicted molar refractivity (Wildman–Crippen MR) is 59.4 cm³/mol. The summed E-state index contributed by atoms with van der Waals surface area (Å²) in [6, 6.07) is 6.91. The van der Waals surface area contributed by atoms with Crippen molar-refractivity contribution < 1.29 is 4.79 Å². The molecule has 0 aliphatic rings. The average Bonchev–Trinajstić information content (AvgIpc) is 2.17. The number of nitrogens with two attached hydrogens (primary N) is 2. The van der Waals surface area contributed by atoms with Crippen molar-refractivity contribution in [3.05, 3.63) is 35.5 Å². The zero-order valence-electron chi connectivity index (χ0n) is 8.32. The highest BCUT2D eigenvalue weighted by molar-refractivity contribution is 6.06. The Labute approximate surface area is 86.9 Å². The van der Waals surface area contributed by atoms with Gasteiger partial charge in [-0.15, -0.1) is 0 Å². The first-order chi connectivity index (χ1) is 7.08. The molecule has 0 unspecified atom stereocenters. The molecule has 76 valence electrons. The molecule has 1 heterocycles. The normalized spacial score (nSPS) is 10.5. The number of rotatable bonds is 1. The Morgan fingerprint density at radius 1 is 1.33 bits per heavy atom. The van der Waals surface area contributed by atoms with E-state index in [1.165, 1.54) is 0 Å². The highest BCUT2D eigenvalue weighted by Gasteiger charge is 2.08. The Morgan fingerprint density at radius 2 is 2.07 bits per heavy atom. The van der Waals surface area contributed by atoms with Gasteiger partial charge in [-0.25, -0.2) is 0 Å². The van der Waals surface area contributed by atoms with E-state index < -0.39 is 5.91 Å². The molecule has 2 rings (SSSR count). The summed E-state index contributed by atoms with van der Waals surface area (Å²) in [6.45, 7) is 1.82. The van der Waals surface area contributed by atoms with Crippen LogP contribution in [0.5, 0.6) is 0 Å². The van der Waals surface area contributed by atoms with Gasteiger partial charge in [0, 0.05) is 16.8 Å². The van der Waals surface area contributed by atoms with E-state index >= 15 is 0 Å². The number of hydrogen-bond acceptors (Lipinski definition) is 3. The Kier molecular flexibility index (Phi) is 2.04. The molecule has 0 fully saturated rings. The molecule has 4 nitrogen and oxygen atoms in total. The lowest BCUT2D eigenvalue weighted by molar-refractivity contribution is 0.100. The van der Waals surface area contributed by atoms with Gasteiger partial charge in [0.05, 0.1) is 11.1 Å². The topological polar surface area (TPSA) is 82.0 Å². The molecule has 4 N–H and O–H groups in total. The van der Waals surface area contributed by atoms with E-state index in [9.17, 15) is 4.79 Å². The number of carbonyl (C=O) groups is 1. The molecular formula is C11H11N3O. The van der Waals surface area contributed by atoms with E-state index in [1.54, 1.807) is 24.3 Å². The third kappa shape index (κ3) is 1.61. The smallest absolute Gasteiger partial charge is 0.249 e. The lowest BCUT2D eigenvalue weighted by Gasteiger charge is -2.05. The zero-order valence-corrected chi connectivity index (χ0v) is 8.32. The van der Waals surface area contributed by atoms with Crippen LogP contribution in [0.3, 0.4) is 0 Å². The van der Waals surface area contributed by atoms with Gasteiger partial charge in [0.15, 0.2) is 0 Å². The van der Waals surface area contributed by atoms with Crippen LogP contribution < -0.4 is 11.5 Å². The molecular weight excluding hydrogens is 190 g/mol. The number of nitrogens with zero attached hydrogens (tertiary/aromatic N) is 1. The minimum absolute atomic E-state index is 0.462. The second-order valence-electron chi connectivity index (χ2n) is 3.45. The van der Waals surface area contributed by atoms with Crippen LogP contribution in [-0.4, -0.2) is 10.9 Å². The van der Waals surface area contributed by atoms with Gasteiger partial charge in [0.2, 0.25) is 5.91 Å². The molecule has 0 aliphatic heterocycles. The standard InChI is InChI=1S/C11H11N3O/c1-6-4-9(11(13)15)8-5-7(12)2-3-10(8)14-6/h2-5H,12H2,1H3,(H2,13,15). The van der Waals surface area contributed by atoms with Crippen LogP contribution >= 0.6 is 0 Å². The monoisotopic (exact) mass is 201 g/mol. The van der Waals surface area contributed by atoms with Crippen molar-refractivity contribution in [3.63, 3.8) is 0 Å². The molecule has 1 aromatic carbocycles. The molecule has 1 aromatic heterocycles. The molecule has 0 atom stereocenters. The van der Waals surface area contributed by atoms with Crippen LogP contribution in [-0.2, 0) is 0 Å². The first-order valence-corrected chi connectivity index (χ1v) is 4.54. The predicted octanol–water partition coefficient (Wildman–Crippen LogP) is 1.22. The summed E-state index contributed by atoms with van der Waals surface area (Å²) in [5, 5.41) is 0.702. The van der Waals surface area contributed by atoms with E-state index in [4.69, 9.17) is 11.5 Å². The summed E-state index contributed by atoms with van der Waals surface area (Å²) in [7, 11) is 0. The first kappa shape index (κ1) is 9.45. The number of fused-ring (bicyclic) bond motifs is 1. The van der Waals surface area contributed by atoms with Crippen LogP contribution in [0.25, 0.3) is 10.9 Å². The molecule has 0 saturated heterocycles. The number of primary amides is 1. The van der Waals surface area contributed by atoms with E-state index in [-0.39, 0.29) is 0 Å². The summed E-state index contributed by atoms with van der Waals surface area (Å²) in [5.41, 5.74) is 13.5. The highest BCUT2D eigenvalue weighted by Crippen LogP contribution is 2.20. The lowest BCUT2D eigenvalue weighted by atomic mass is 10.1. The van der Waals surface area contributed by atoms with Gasteiger partial charge in [-0.2, -0.15) is 0 Å². The van der Waals surface area contributed by atoms with Crippen molar-refractivity contribution in [2.45, 2.75) is 6.92 Å². The van der Waals surface area contributed by atoms with Crippen LogP contribution in [0.15, 0.2) is 24.3 Å². The molecule has 0 radical (unpaired) electrons. The zero-order chi connectivity index (χ0) is 11.0. The lowest BCUT2D eigenvalue weighted by Crippen LogP contribution is -2.12. The van der Waals surface area contributed by atoms with Gasteiger partial charge in [0.25, 0.3) is 0 Å². The van der Waals surface area contributed by atoms with Gasteiger partial charge in [-0.1, -0.05) is 0 Å². The van der Waals surface area contributed by atoms with Crippen molar-refractivity contribution >= 4 is 22.5 Å². The summed E-state index contributed by atoms with van der Waals surface area (Å²) in [5.74, 6) is -0.462. The van der Waals surface area contributed by atoms with E-state index in [2.05, 4.69) is 4.98 Å². The first-order valence-electron chi connectivity index (χ1n) is 4.54. The molecule has 0 bridgehead atoms. The molecule has 15 heavy (non-hydrogen) atoms. The quantitative estimate of drug-likeness (QED) is 0.680. The van der Waals surface area contributed by atoms with Gasteiger partial charge >= 0.3 is 0 Å². The Bertz CT molecular complexity index is 549. The number of aromatic nitrogens is 1. The van der Waals surface area contributed by atoms with E-state index in [0.29, 0.717) is 16.6 Å². The van der Waals surface area contributed by atoms with Gasteiger partial charge in [-0.05, 0) is 31.2 Å². The van der Waals surface area contributed by atoms with Crippen molar-refractivity contribution in [2.75, 3.05) is 5.73 Å². The number of amides is 1. The molecule has 0 saturated carbocycles. The molecule has 0 spiro atoms. The van der Waals surface area contributed by atoms with Crippen molar-refractivity contribution in [1.82, 2.24) is 4.98 Å². The van der Waals surface area contributed by atoms with Crippen molar-refractivity contribution in [2.24, 2.45) is 5.73 Å². The van der Waals surface area contributed by atoms with Crippen LogP contribution in [0.1, 0.15) is 16.1 Å². The third-order valence-corrected chi connectivity index (χ3v) is 2.23. The molecule has 4 heteroatoms. The number of aryl methyl sites for hydroxylation is 1. The van der Waals surface area contributed by atoms with E-state index in [0.717, 1.165) is 11.2 Å². The molecule has 1 amide bonds. The van der Waals surface area contributed by atoms with Crippen LogP contribution in [0.4, 0.5) is 5.69 Å². The van der Waals surface area contributed by atoms with E-state index in [1.807, 2.05) is 6.92 Å². The molecule has 2 aromatic rings. The number of hydrogen-bond donors (Lipinski definition) is 2. The number of anilines is 1. The fourth-order valence-corrected chi connectivity index (χ4v) is 1.58. The summed E-state index contributed by atoms with van der Waals surface area (Å²) in [4.78, 5) is 15.5. The van der Waals surface area contributed by atoms with Gasteiger partial charge in [-0.3, -0.25) is 9.78 Å². The maximum Gasteiger partial charge on any atom is 0.249 e. The number of carbonyl (C=O) groups excluding carboxylic acids is 1. The van der Waals surface area contributed by atoms with Crippen molar-refractivity contribution in [3.8, 4) is 0 Å². The fourth-order valence-electron chi connectivity index (χ4n) is 1.58. The summed E-state index contributed by atoms with van der Waals surface area (Å²) >= 11 is 0. The van der Waals surface area contributed by atoms with Gasteiger partial charge < -0.3 is 11.5 Å². The fraction of sp³-hybridized carbons (Fsp3) is 0.0909. The highest BCUT2D eigenvalue weighted by atomic mass is 16.1. The summed E-state index contributed by atoms with van der Waals surface area (Å²) < 4.78 is 0. The van der Waals surface area contributed by atoms with Crippen LogP contribution in [0.2, 0.25) is 0 Å². The van der Waals surface area contributed by atoms with Gasteiger partial charge in [0.1, 0.15) is 0 Å². The number of benzene rings is 1. The average molecular weight is 201 g/mol. The summed E-state index contributed by atoms with van der Waals surface area (Å²) in [6.07, 6.45) is 0. The van der Waals surface area contributed by atoms with Crippen LogP contribution in [0, 0.1) is 6.92 Å². The Hall–Kier alpha value is -2.10. The minimum atomic E-state index is -0.462. The Morgan fingerprint density at radius 3 is 2.73 bits per heavy atom. The number of nitrogen functional groups attached to an aromatic ring is 1.